The van der Waals surface area contributed by atoms with Gasteiger partial charge in [-0.1, -0.05) is 17.7 Å². The third-order valence-corrected chi connectivity index (χ3v) is 7.07. The molecule has 1 atom stereocenters. The number of piperidine rings is 1. The van der Waals surface area contributed by atoms with Crippen molar-refractivity contribution in [3.63, 3.8) is 0 Å². The lowest BCUT2D eigenvalue weighted by atomic mass is 9.98. The summed E-state index contributed by atoms with van der Waals surface area (Å²) in [4.78, 5) is 18.8. The van der Waals surface area contributed by atoms with Crippen LogP contribution in [0.1, 0.15) is 19.3 Å². The molecule has 1 aliphatic rings. The molecule has 2 aromatic rings. The van der Waals surface area contributed by atoms with Gasteiger partial charge >= 0.3 is 0 Å². The minimum atomic E-state index is -3.67. The SMILES string of the molecule is O=C(CCNS(=O)(=O)c1cccc(Cl)c1)NCC1CCCN(c2nccs2)C1. The van der Waals surface area contributed by atoms with E-state index in [0.29, 0.717) is 17.5 Å². The van der Waals surface area contributed by atoms with Crippen molar-refractivity contribution in [2.45, 2.75) is 24.2 Å². The highest BCUT2D eigenvalue weighted by Gasteiger charge is 2.22. The van der Waals surface area contributed by atoms with Crippen molar-refractivity contribution in [1.82, 2.24) is 15.0 Å². The van der Waals surface area contributed by atoms with Crippen molar-refractivity contribution < 1.29 is 13.2 Å². The average molecular weight is 443 g/mol. The van der Waals surface area contributed by atoms with Gasteiger partial charge in [-0.3, -0.25) is 4.79 Å². The Morgan fingerprint density at radius 2 is 2.25 bits per heavy atom. The number of halogens is 1. The topological polar surface area (TPSA) is 91.4 Å². The first-order valence-electron chi connectivity index (χ1n) is 9.10. The normalized spacial score (nSPS) is 17.5. The summed E-state index contributed by atoms with van der Waals surface area (Å²) in [5.41, 5.74) is 0. The van der Waals surface area contributed by atoms with Gasteiger partial charge in [-0.15, -0.1) is 11.3 Å². The van der Waals surface area contributed by atoms with Gasteiger partial charge in [0.2, 0.25) is 15.9 Å². The van der Waals surface area contributed by atoms with E-state index in [1.54, 1.807) is 29.7 Å². The van der Waals surface area contributed by atoms with E-state index in [4.69, 9.17) is 11.6 Å². The van der Waals surface area contributed by atoms with Gasteiger partial charge in [0, 0.05) is 49.2 Å². The number of thiazole rings is 1. The summed E-state index contributed by atoms with van der Waals surface area (Å²) in [5.74, 6) is 0.199. The predicted octanol–water partition coefficient (Wildman–Crippen LogP) is 2.50. The highest BCUT2D eigenvalue weighted by Crippen LogP contribution is 2.24. The number of nitrogens with zero attached hydrogens (tertiary/aromatic N) is 2. The minimum Gasteiger partial charge on any atom is -0.356 e. The lowest BCUT2D eigenvalue weighted by molar-refractivity contribution is -0.121. The molecule has 1 amide bonds. The molecule has 1 aromatic heterocycles. The van der Waals surface area contributed by atoms with Crippen molar-refractivity contribution in [2.24, 2.45) is 5.92 Å². The Bertz CT molecular complexity index is 890. The molecule has 1 unspecified atom stereocenters. The summed E-state index contributed by atoms with van der Waals surface area (Å²) in [6, 6.07) is 6.02. The van der Waals surface area contributed by atoms with Crippen molar-refractivity contribution >= 4 is 44.0 Å². The molecule has 10 heteroatoms. The molecule has 28 heavy (non-hydrogen) atoms. The monoisotopic (exact) mass is 442 g/mol. The number of amides is 1. The fourth-order valence-corrected chi connectivity index (χ4v) is 5.15. The fraction of sp³-hybridized carbons (Fsp3) is 0.444. The van der Waals surface area contributed by atoms with Gasteiger partial charge in [0.25, 0.3) is 0 Å². The summed E-state index contributed by atoms with van der Waals surface area (Å²) < 4.78 is 26.9. The second kappa shape index (κ2) is 9.69. The number of aromatic nitrogens is 1. The van der Waals surface area contributed by atoms with Gasteiger partial charge in [-0.05, 0) is 37.0 Å². The molecule has 7 nitrogen and oxygen atoms in total. The first-order valence-corrected chi connectivity index (χ1v) is 11.8. The maximum atomic E-state index is 12.2. The molecule has 0 aliphatic carbocycles. The third kappa shape index (κ3) is 5.91. The molecule has 1 aromatic carbocycles. The van der Waals surface area contributed by atoms with Crippen LogP contribution >= 0.6 is 22.9 Å². The van der Waals surface area contributed by atoms with E-state index in [2.05, 4.69) is 19.9 Å². The zero-order valence-electron chi connectivity index (χ0n) is 15.3. The van der Waals surface area contributed by atoms with Gasteiger partial charge in [0.15, 0.2) is 5.13 Å². The molecule has 0 bridgehead atoms. The third-order valence-electron chi connectivity index (χ3n) is 4.55. The van der Waals surface area contributed by atoms with Crippen LogP contribution in [-0.2, 0) is 14.8 Å². The van der Waals surface area contributed by atoms with E-state index in [0.717, 1.165) is 31.1 Å². The smallest absolute Gasteiger partial charge is 0.240 e. The van der Waals surface area contributed by atoms with E-state index >= 15 is 0 Å². The Labute approximate surface area is 174 Å². The Morgan fingerprint density at radius 1 is 1.39 bits per heavy atom. The lowest BCUT2D eigenvalue weighted by Crippen LogP contribution is -2.41. The number of carbonyl (C=O) groups is 1. The number of benzene rings is 1. The molecule has 0 spiro atoms. The highest BCUT2D eigenvalue weighted by molar-refractivity contribution is 7.89. The fourth-order valence-electron chi connectivity index (χ4n) is 3.14. The van der Waals surface area contributed by atoms with Crippen LogP contribution in [0.25, 0.3) is 0 Å². The van der Waals surface area contributed by atoms with Crippen molar-refractivity contribution in [2.75, 3.05) is 31.1 Å². The highest BCUT2D eigenvalue weighted by atomic mass is 35.5. The average Bonchev–Trinajstić information content (AvgIpc) is 3.21. The van der Waals surface area contributed by atoms with E-state index in [1.807, 2.05) is 5.38 Å². The van der Waals surface area contributed by atoms with Crippen LogP contribution in [0.3, 0.4) is 0 Å². The van der Waals surface area contributed by atoms with E-state index < -0.39 is 10.0 Å². The van der Waals surface area contributed by atoms with E-state index in [-0.39, 0.29) is 23.8 Å². The number of hydrogen-bond acceptors (Lipinski definition) is 6. The molecule has 1 saturated heterocycles. The summed E-state index contributed by atoms with van der Waals surface area (Å²) in [7, 11) is -3.67. The second-order valence-electron chi connectivity index (χ2n) is 6.68. The van der Waals surface area contributed by atoms with E-state index in [9.17, 15) is 13.2 Å². The van der Waals surface area contributed by atoms with Crippen LogP contribution in [0.15, 0.2) is 40.7 Å². The zero-order valence-corrected chi connectivity index (χ0v) is 17.7. The Kier molecular flexibility index (Phi) is 7.28. The molecule has 2 N–H and O–H groups in total. The zero-order chi connectivity index (χ0) is 20.0. The van der Waals surface area contributed by atoms with Gasteiger partial charge in [-0.2, -0.15) is 0 Å². The summed E-state index contributed by atoms with van der Waals surface area (Å²) in [5, 5.41) is 6.25. The van der Waals surface area contributed by atoms with Crippen LogP contribution in [0, 0.1) is 5.92 Å². The van der Waals surface area contributed by atoms with Crippen LogP contribution in [-0.4, -0.2) is 45.5 Å². The molecule has 0 saturated carbocycles. The molecule has 1 fully saturated rings. The van der Waals surface area contributed by atoms with Crippen LogP contribution < -0.4 is 14.9 Å². The Balaban J connectivity index is 1.40. The summed E-state index contributed by atoms with van der Waals surface area (Å²) in [6.45, 7) is 2.48. The largest absolute Gasteiger partial charge is 0.356 e. The summed E-state index contributed by atoms with van der Waals surface area (Å²) in [6.07, 6.45) is 4.02. The van der Waals surface area contributed by atoms with Crippen molar-refractivity contribution in [1.29, 1.82) is 0 Å². The molecule has 0 radical (unpaired) electrons. The van der Waals surface area contributed by atoms with Crippen LogP contribution in [0.2, 0.25) is 5.02 Å². The number of sulfonamides is 1. The quantitative estimate of drug-likeness (QED) is 0.655. The molecule has 152 valence electrons. The summed E-state index contributed by atoms with van der Waals surface area (Å²) >= 11 is 7.45. The predicted molar refractivity (Wildman–Crippen MR) is 111 cm³/mol. The molecule has 1 aliphatic heterocycles. The second-order valence-corrected chi connectivity index (χ2v) is 9.75. The first kappa shape index (κ1) is 21.0. The Hall–Kier alpha value is -1.68. The van der Waals surface area contributed by atoms with Gasteiger partial charge < -0.3 is 10.2 Å². The number of nitrogens with one attached hydrogen (secondary N) is 2. The van der Waals surface area contributed by atoms with Crippen LogP contribution in [0.5, 0.6) is 0 Å². The van der Waals surface area contributed by atoms with Gasteiger partial charge in [0.1, 0.15) is 0 Å². The molecule has 3 rings (SSSR count). The minimum absolute atomic E-state index is 0.0383. The lowest BCUT2D eigenvalue weighted by Gasteiger charge is -2.32. The molecular weight excluding hydrogens is 420 g/mol. The van der Waals surface area contributed by atoms with E-state index in [1.165, 1.54) is 12.1 Å². The standard InChI is InChI=1S/C18H23ClN4O3S2/c19-15-4-1-5-16(11-15)28(25,26)22-7-6-17(24)21-12-14-3-2-9-23(13-14)18-20-8-10-27-18/h1,4-5,8,10-11,14,22H,2-3,6-7,9,12-13H2,(H,21,24). The van der Waals surface area contributed by atoms with Crippen molar-refractivity contribution in [3.05, 3.63) is 40.9 Å². The number of carbonyl (C=O) groups excluding carboxylic acids is 1. The van der Waals surface area contributed by atoms with Gasteiger partial charge in [-0.25, -0.2) is 18.1 Å². The van der Waals surface area contributed by atoms with Crippen LogP contribution in [0.4, 0.5) is 5.13 Å². The number of rotatable bonds is 8. The first-order chi connectivity index (χ1) is 13.4. The Morgan fingerprint density at radius 3 is 3.00 bits per heavy atom. The molecular formula is C18H23ClN4O3S2. The number of hydrogen-bond donors (Lipinski definition) is 2. The van der Waals surface area contributed by atoms with Crippen molar-refractivity contribution in [3.8, 4) is 0 Å². The maximum absolute atomic E-state index is 12.2. The number of anilines is 1. The maximum Gasteiger partial charge on any atom is 0.240 e. The molecule has 2 heterocycles. The van der Waals surface area contributed by atoms with Gasteiger partial charge in [0.05, 0.1) is 4.90 Å².